The zero-order chi connectivity index (χ0) is 18.7. The lowest BCUT2D eigenvalue weighted by molar-refractivity contribution is -0.159. The number of hydrogen-bond acceptors (Lipinski definition) is 4. The third-order valence-corrected chi connectivity index (χ3v) is 4.98. The Morgan fingerprint density at radius 2 is 1.65 bits per heavy atom. The minimum absolute atomic E-state index is 0.103. The van der Waals surface area contributed by atoms with Gasteiger partial charge in [-0.1, -0.05) is 24.3 Å². The highest BCUT2D eigenvalue weighted by atomic mass is 16.5. The van der Waals surface area contributed by atoms with Crippen LogP contribution < -0.4 is 4.74 Å². The number of methoxy groups -OCH3 is 1. The molecule has 1 heterocycles. The SMILES string of the molecule is COc1ccc2cc([C@H](C)C(=O)O[C@H](C)C(=O)N3CCCC3)ccc2c1. The average Bonchev–Trinajstić information content (AvgIpc) is 3.20. The van der Waals surface area contributed by atoms with Crippen molar-refractivity contribution in [3.63, 3.8) is 0 Å². The molecule has 1 amide bonds. The molecule has 0 spiro atoms. The highest BCUT2D eigenvalue weighted by molar-refractivity contribution is 5.88. The van der Waals surface area contributed by atoms with E-state index in [1.807, 2.05) is 36.4 Å². The van der Waals surface area contributed by atoms with Crippen molar-refractivity contribution >= 4 is 22.6 Å². The van der Waals surface area contributed by atoms with Crippen LogP contribution in [0.5, 0.6) is 5.75 Å². The maximum atomic E-state index is 12.5. The smallest absolute Gasteiger partial charge is 0.313 e. The van der Waals surface area contributed by atoms with Crippen molar-refractivity contribution in [1.82, 2.24) is 4.90 Å². The number of fused-ring (bicyclic) bond motifs is 1. The van der Waals surface area contributed by atoms with E-state index >= 15 is 0 Å². The number of carbonyl (C=O) groups excluding carboxylic acids is 2. The molecule has 5 nitrogen and oxygen atoms in total. The largest absolute Gasteiger partial charge is 0.497 e. The number of benzene rings is 2. The first kappa shape index (κ1) is 18.2. The van der Waals surface area contributed by atoms with E-state index in [4.69, 9.17) is 9.47 Å². The lowest BCUT2D eigenvalue weighted by Gasteiger charge is -2.22. The molecule has 0 N–H and O–H groups in total. The van der Waals surface area contributed by atoms with E-state index < -0.39 is 12.0 Å². The number of esters is 1. The van der Waals surface area contributed by atoms with E-state index in [0.717, 1.165) is 48.0 Å². The molecule has 0 unspecified atom stereocenters. The second-order valence-corrected chi connectivity index (χ2v) is 6.81. The summed E-state index contributed by atoms with van der Waals surface area (Å²) >= 11 is 0. The van der Waals surface area contributed by atoms with Crippen LogP contribution >= 0.6 is 0 Å². The highest BCUT2D eigenvalue weighted by Gasteiger charge is 2.28. The van der Waals surface area contributed by atoms with Crippen LogP contribution in [0.15, 0.2) is 36.4 Å². The molecule has 1 fully saturated rings. The number of carbonyl (C=O) groups is 2. The van der Waals surface area contributed by atoms with Crippen molar-refractivity contribution in [2.45, 2.75) is 38.7 Å². The topological polar surface area (TPSA) is 55.8 Å². The Hall–Kier alpha value is -2.56. The molecular weight excluding hydrogens is 330 g/mol. The third kappa shape index (κ3) is 3.82. The van der Waals surface area contributed by atoms with Crippen LogP contribution in [0.4, 0.5) is 0 Å². The summed E-state index contributed by atoms with van der Waals surface area (Å²) in [4.78, 5) is 26.6. The summed E-state index contributed by atoms with van der Waals surface area (Å²) in [6.45, 7) is 4.97. The Labute approximate surface area is 153 Å². The molecule has 3 rings (SSSR count). The quantitative estimate of drug-likeness (QED) is 0.770. The first-order valence-electron chi connectivity index (χ1n) is 9.06. The van der Waals surface area contributed by atoms with Gasteiger partial charge in [0.2, 0.25) is 0 Å². The second-order valence-electron chi connectivity index (χ2n) is 6.81. The molecule has 138 valence electrons. The van der Waals surface area contributed by atoms with Gasteiger partial charge in [0.25, 0.3) is 5.91 Å². The number of nitrogens with zero attached hydrogens (tertiary/aromatic N) is 1. The first-order chi connectivity index (χ1) is 12.5. The van der Waals surface area contributed by atoms with E-state index in [2.05, 4.69) is 0 Å². The van der Waals surface area contributed by atoms with Gasteiger partial charge in [0.15, 0.2) is 6.10 Å². The number of amides is 1. The monoisotopic (exact) mass is 355 g/mol. The number of ether oxygens (including phenoxy) is 2. The molecule has 2 atom stereocenters. The normalized spacial score (nSPS) is 16.3. The van der Waals surface area contributed by atoms with Gasteiger partial charge in [-0.25, -0.2) is 0 Å². The summed E-state index contributed by atoms with van der Waals surface area (Å²) in [5, 5.41) is 2.08. The standard InChI is InChI=1S/C21H25NO4/c1-14(21(24)26-15(2)20(23)22-10-4-5-11-22)16-6-7-18-13-19(25-3)9-8-17(18)12-16/h6-9,12-15H,4-5,10-11H2,1-3H3/t14-,15+/m0/s1. The van der Waals surface area contributed by atoms with Crippen molar-refractivity contribution in [3.05, 3.63) is 42.0 Å². The molecule has 2 aromatic rings. The Morgan fingerprint density at radius 1 is 1.00 bits per heavy atom. The molecule has 0 bridgehead atoms. The van der Waals surface area contributed by atoms with E-state index in [0.29, 0.717) is 0 Å². The highest BCUT2D eigenvalue weighted by Crippen LogP contribution is 2.26. The molecule has 0 aliphatic carbocycles. The lowest BCUT2D eigenvalue weighted by atomic mass is 9.98. The maximum Gasteiger partial charge on any atom is 0.313 e. The summed E-state index contributed by atoms with van der Waals surface area (Å²) in [5.74, 6) is -0.117. The van der Waals surface area contributed by atoms with E-state index in [1.165, 1.54) is 0 Å². The number of likely N-dealkylation sites (tertiary alicyclic amines) is 1. The molecule has 1 aliphatic heterocycles. The van der Waals surface area contributed by atoms with Crippen LogP contribution in [0, 0.1) is 0 Å². The lowest BCUT2D eigenvalue weighted by Crippen LogP contribution is -2.38. The minimum atomic E-state index is -0.743. The molecule has 2 aromatic carbocycles. The van der Waals surface area contributed by atoms with E-state index in [1.54, 1.807) is 25.9 Å². The van der Waals surface area contributed by atoms with Crippen molar-refractivity contribution in [2.24, 2.45) is 0 Å². The number of rotatable bonds is 5. The van der Waals surface area contributed by atoms with Gasteiger partial charge < -0.3 is 14.4 Å². The molecular formula is C21H25NO4. The van der Waals surface area contributed by atoms with Crippen LogP contribution in [0.1, 0.15) is 38.2 Å². The van der Waals surface area contributed by atoms with Crippen LogP contribution in [-0.2, 0) is 14.3 Å². The molecule has 0 saturated carbocycles. The van der Waals surface area contributed by atoms with Gasteiger partial charge in [0.05, 0.1) is 13.0 Å². The Bertz CT molecular complexity index is 811. The van der Waals surface area contributed by atoms with Crippen LogP contribution in [-0.4, -0.2) is 43.1 Å². The van der Waals surface area contributed by atoms with Gasteiger partial charge in [-0.2, -0.15) is 0 Å². The predicted molar refractivity (Wildman–Crippen MR) is 100 cm³/mol. The zero-order valence-electron chi connectivity index (χ0n) is 15.5. The van der Waals surface area contributed by atoms with Crippen LogP contribution in [0.3, 0.4) is 0 Å². The summed E-state index contributed by atoms with van der Waals surface area (Å²) in [6, 6.07) is 11.7. The minimum Gasteiger partial charge on any atom is -0.497 e. The zero-order valence-corrected chi connectivity index (χ0v) is 15.5. The Morgan fingerprint density at radius 3 is 2.35 bits per heavy atom. The van der Waals surface area contributed by atoms with Gasteiger partial charge in [-0.3, -0.25) is 9.59 Å². The molecule has 26 heavy (non-hydrogen) atoms. The first-order valence-corrected chi connectivity index (χ1v) is 9.06. The van der Waals surface area contributed by atoms with Crippen molar-refractivity contribution in [3.8, 4) is 5.75 Å². The molecule has 0 radical (unpaired) electrons. The van der Waals surface area contributed by atoms with E-state index in [9.17, 15) is 9.59 Å². The van der Waals surface area contributed by atoms with Gasteiger partial charge in [-0.15, -0.1) is 0 Å². The van der Waals surface area contributed by atoms with Crippen LogP contribution in [0.25, 0.3) is 10.8 Å². The van der Waals surface area contributed by atoms with Crippen molar-refractivity contribution < 1.29 is 19.1 Å². The maximum absolute atomic E-state index is 12.5. The van der Waals surface area contributed by atoms with Crippen molar-refractivity contribution in [2.75, 3.05) is 20.2 Å². The van der Waals surface area contributed by atoms with Gasteiger partial charge in [-0.05, 0) is 55.2 Å². The fourth-order valence-electron chi connectivity index (χ4n) is 3.30. The molecule has 1 saturated heterocycles. The van der Waals surface area contributed by atoms with Crippen LogP contribution in [0.2, 0.25) is 0 Å². The average molecular weight is 355 g/mol. The van der Waals surface area contributed by atoms with Gasteiger partial charge in [0, 0.05) is 13.1 Å². The fraction of sp³-hybridized carbons (Fsp3) is 0.429. The van der Waals surface area contributed by atoms with Gasteiger partial charge >= 0.3 is 5.97 Å². The summed E-state index contributed by atoms with van der Waals surface area (Å²) < 4.78 is 10.7. The summed E-state index contributed by atoms with van der Waals surface area (Å²) in [6.07, 6.45) is 1.29. The van der Waals surface area contributed by atoms with Crippen molar-refractivity contribution in [1.29, 1.82) is 0 Å². The fourth-order valence-corrected chi connectivity index (χ4v) is 3.30. The molecule has 1 aliphatic rings. The Kier molecular flexibility index (Phi) is 5.45. The van der Waals surface area contributed by atoms with E-state index in [-0.39, 0.29) is 11.9 Å². The molecule has 0 aromatic heterocycles. The van der Waals surface area contributed by atoms with Gasteiger partial charge in [0.1, 0.15) is 5.75 Å². The Balaban J connectivity index is 1.69. The summed E-state index contributed by atoms with van der Waals surface area (Å²) in [5.41, 5.74) is 0.869. The number of hydrogen-bond donors (Lipinski definition) is 0. The second kappa shape index (κ2) is 7.77. The summed E-state index contributed by atoms with van der Waals surface area (Å²) in [7, 11) is 1.64. The predicted octanol–water partition coefficient (Wildman–Crippen LogP) is 3.51. The molecule has 5 heteroatoms. The third-order valence-electron chi connectivity index (χ3n) is 4.98.